The molecule has 10 heteroatoms. The predicted octanol–water partition coefficient (Wildman–Crippen LogP) is 14.8. The Morgan fingerprint density at radius 1 is 0.437 bits per heavy atom. The van der Waals surface area contributed by atoms with Crippen molar-refractivity contribution in [3.63, 3.8) is 0 Å². The maximum absolute atomic E-state index is 12.2. The summed E-state index contributed by atoms with van der Waals surface area (Å²) in [5.41, 5.74) is 0. The zero-order valence-electron chi connectivity index (χ0n) is 48.4. The van der Waals surface area contributed by atoms with Crippen LogP contribution in [0.1, 0.15) is 267 Å². The van der Waals surface area contributed by atoms with E-state index >= 15 is 0 Å². The Hall–Kier alpha value is -1.30. The number of piperazine rings is 1. The molecule has 2 aliphatic heterocycles. The second-order valence-electron chi connectivity index (χ2n) is 22.3. The van der Waals surface area contributed by atoms with E-state index in [0.29, 0.717) is 6.61 Å². The van der Waals surface area contributed by atoms with Crippen LogP contribution in [0.2, 0.25) is 0 Å². The van der Waals surface area contributed by atoms with Crippen LogP contribution in [0.25, 0.3) is 0 Å². The number of rotatable bonds is 49. The summed E-state index contributed by atoms with van der Waals surface area (Å²) in [4.78, 5) is 35.2. The largest absolute Gasteiger partial charge is 0.458 e. The molecule has 0 saturated carbocycles. The van der Waals surface area contributed by atoms with E-state index < -0.39 is 24.5 Å². The molecule has 2 aliphatic rings. The van der Waals surface area contributed by atoms with Crippen LogP contribution in [0.4, 0.5) is 0 Å². The second-order valence-corrected chi connectivity index (χ2v) is 22.3. The van der Waals surface area contributed by atoms with Gasteiger partial charge in [0.15, 0.2) is 12.4 Å². The molecule has 2 fully saturated rings. The van der Waals surface area contributed by atoms with Crippen LogP contribution in [-0.4, -0.2) is 141 Å². The van der Waals surface area contributed by atoms with E-state index in [1.165, 1.54) is 278 Å². The summed E-state index contributed by atoms with van der Waals surface area (Å²) in [6.45, 7) is 28.5. The number of unbranched alkanes of at least 4 members (excludes halogenated alkanes) is 27. The van der Waals surface area contributed by atoms with Gasteiger partial charge in [-0.25, -0.2) is 0 Å². The van der Waals surface area contributed by atoms with Crippen molar-refractivity contribution in [3.8, 4) is 0 Å². The minimum atomic E-state index is -0.787. The Kier molecular flexibility index (Phi) is 42.7. The number of hydrogen-bond acceptors (Lipinski definition) is 10. The molecule has 2 saturated heterocycles. The van der Waals surface area contributed by atoms with Crippen LogP contribution in [0.3, 0.4) is 0 Å². The minimum absolute atomic E-state index is 0.114. The van der Waals surface area contributed by atoms with Gasteiger partial charge in [0.25, 0.3) is 0 Å². The summed E-state index contributed by atoms with van der Waals surface area (Å²) in [5.74, 6) is -0.932. The number of ether oxygens (including phenoxy) is 4. The van der Waals surface area contributed by atoms with Crippen molar-refractivity contribution in [1.82, 2.24) is 19.6 Å². The fourth-order valence-electron chi connectivity index (χ4n) is 11.2. The van der Waals surface area contributed by atoms with Gasteiger partial charge in [0.05, 0.1) is 12.7 Å². The highest BCUT2D eigenvalue weighted by molar-refractivity contribution is 5.67. The third-order valence-corrected chi connectivity index (χ3v) is 15.8. The van der Waals surface area contributed by atoms with E-state index in [1.807, 2.05) is 6.92 Å². The number of esters is 2. The highest BCUT2D eigenvalue weighted by atomic mass is 16.7. The van der Waals surface area contributed by atoms with Crippen molar-refractivity contribution in [2.75, 3.05) is 85.1 Å². The van der Waals surface area contributed by atoms with Gasteiger partial charge in [-0.2, -0.15) is 0 Å². The molecule has 0 aromatic carbocycles. The van der Waals surface area contributed by atoms with Crippen LogP contribution < -0.4 is 0 Å². The third kappa shape index (κ3) is 34.8. The van der Waals surface area contributed by atoms with Crippen molar-refractivity contribution in [1.29, 1.82) is 0 Å². The molecule has 0 spiro atoms. The Balaban J connectivity index is 1.81. The molecule has 0 aliphatic carbocycles. The van der Waals surface area contributed by atoms with Gasteiger partial charge in [0.2, 0.25) is 0 Å². The molecule has 2 rings (SSSR count). The first kappa shape index (κ1) is 65.8. The smallest absolute Gasteiger partial charge is 0.303 e. The molecule has 420 valence electrons. The Labute approximate surface area is 440 Å². The molecule has 0 aromatic heterocycles. The maximum atomic E-state index is 12.2. The summed E-state index contributed by atoms with van der Waals surface area (Å²) < 4.78 is 24.1. The van der Waals surface area contributed by atoms with E-state index in [2.05, 4.69) is 47.3 Å². The molecule has 0 radical (unpaired) electrons. The Bertz CT molecular complexity index is 1180. The van der Waals surface area contributed by atoms with Crippen molar-refractivity contribution in [2.24, 2.45) is 5.92 Å². The minimum Gasteiger partial charge on any atom is -0.458 e. The van der Waals surface area contributed by atoms with E-state index in [9.17, 15) is 9.59 Å². The average Bonchev–Trinajstić information content (AvgIpc) is 3.35. The fourth-order valence-corrected chi connectivity index (χ4v) is 11.2. The first-order valence-corrected chi connectivity index (χ1v) is 31.2. The second kappa shape index (κ2) is 46.0. The number of carbonyl (C=O) groups is 2. The number of nitrogens with zero attached hydrogens (tertiary/aromatic N) is 4. The van der Waals surface area contributed by atoms with Gasteiger partial charge in [0.1, 0.15) is 6.10 Å². The SMILES string of the molecule is CCCCCCCCCCCCN(CCCCCCCCCCCC)CCCN1CCN(CCCN(CCCCCCCCCCCC)CCCOC2OC(CC)C(C)C(OC(C)=O)C2OC(C)=O)CC1. The lowest BCUT2D eigenvalue weighted by Crippen LogP contribution is -2.57. The van der Waals surface area contributed by atoms with Gasteiger partial charge in [-0.1, -0.05) is 208 Å². The first-order valence-electron chi connectivity index (χ1n) is 31.2. The van der Waals surface area contributed by atoms with Crippen molar-refractivity contribution in [2.45, 2.75) is 291 Å². The fraction of sp³-hybridized carbons (Fsp3) is 0.967. The van der Waals surface area contributed by atoms with Crippen LogP contribution in [0, 0.1) is 5.92 Å². The highest BCUT2D eigenvalue weighted by Crippen LogP contribution is 2.33. The summed E-state index contributed by atoms with van der Waals surface area (Å²) in [7, 11) is 0. The normalized spacial score (nSPS) is 20.1. The zero-order chi connectivity index (χ0) is 51.4. The van der Waals surface area contributed by atoms with Gasteiger partial charge in [-0.15, -0.1) is 0 Å². The van der Waals surface area contributed by atoms with Crippen molar-refractivity contribution < 1.29 is 28.5 Å². The van der Waals surface area contributed by atoms with E-state index in [-0.39, 0.29) is 18.0 Å². The molecule has 71 heavy (non-hydrogen) atoms. The molecule has 10 nitrogen and oxygen atoms in total. The van der Waals surface area contributed by atoms with Crippen molar-refractivity contribution in [3.05, 3.63) is 0 Å². The molecule has 0 bridgehead atoms. The summed E-state index contributed by atoms with van der Waals surface area (Å²) in [5, 5.41) is 0. The monoisotopic (exact) mass is 1000 g/mol. The Morgan fingerprint density at radius 2 is 0.746 bits per heavy atom. The van der Waals surface area contributed by atoms with E-state index in [0.717, 1.165) is 32.5 Å². The molecule has 2 heterocycles. The van der Waals surface area contributed by atoms with Crippen LogP contribution in [0.15, 0.2) is 0 Å². The van der Waals surface area contributed by atoms with Crippen LogP contribution in [0.5, 0.6) is 0 Å². The van der Waals surface area contributed by atoms with E-state index in [4.69, 9.17) is 18.9 Å². The summed E-state index contributed by atoms with van der Waals surface area (Å²) >= 11 is 0. The van der Waals surface area contributed by atoms with Gasteiger partial charge in [0, 0.05) is 52.5 Å². The maximum Gasteiger partial charge on any atom is 0.303 e. The Morgan fingerprint density at radius 3 is 1.08 bits per heavy atom. The van der Waals surface area contributed by atoms with Gasteiger partial charge in [-0.3, -0.25) is 9.59 Å². The lowest BCUT2D eigenvalue weighted by molar-refractivity contribution is -0.290. The quantitative estimate of drug-likeness (QED) is 0.0434. The zero-order valence-corrected chi connectivity index (χ0v) is 48.4. The first-order chi connectivity index (χ1) is 34.7. The van der Waals surface area contributed by atoms with Gasteiger partial charge >= 0.3 is 11.9 Å². The van der Waals surface area contributed by atoms with Crippen LogP contribution >= 0.6 is 0 Å². The standard InChI is InChI=1S/C61H120N4O6/c1-8-12-15-18-21-24-27-30-33-36-42-62(43-37-34-31-28-25-22-19-16-13-9-2)45-39-47-64-50-52-65(53-51-64)48-40-46-63(44-38-35-32-29-26-23-20-17-14-10-3)49-41-54-68-61-60(70-57(7)67)59(69-56(6)66)55(5)58(11-4)71-61/h55,58-61H,8-54H2,1-7H3. The predicted molar refractivity (Wildman–Crippen MR) is 300 cm³/mol. The lowest BCUT2D eigenvalue weighted by Gasteiger charge is -2.44. The topological polar surface area (TPSA) is 84.0 Å². The molecule has 0 aromatic rings. The molecule has 0 N–H and O–H groups in total. The average molecular weight is 1010 g/mol. The van der Waals surface area contributed by atoms with Gasteiger partial charge in [-0.05, 0) is 90.8 Å². The third-order valence-electron chi connectivity index (χ3n) is 15.8. The molecule has 0 amide bonds. The van der Waals surface area contributed by atoms with Crippen molar-refractivity contribution >= 4 is 11.9 Å². The summed E-state index contributed by atoms with van der Waals surface area (Å²) in [6, 6.07) is 0. The molecular formula is C61H120N4O6. The number of carbonyl (C=O) groups excluding carboxylic acids is 2. The van der Waals surface area contributed by atoms with E-state index in [1.54, 1.807) is 0 Å². The number of hydrogen-bond donors (Lipinski definition) is 0. The molecule has 5 atom stereocenters. The highest BCUT2D eigenvalue weighted by Gasteiger charge is 2.48. The summed E-state index contributed by atoms with van der Waals surface area (Å²) in [6.07, 6.45) is 43.6. The van der Waals surface area contributed by atoms with Crippen LogP contribution in [-0.2, 0) is 28.5 Å². The molecular weight excluding hydrogens is 885 g/mol. The molecule has 5 unspecified atom stereocenters. The lowest BCUT2D eigenvalue weighted by atomic mass is 9.89. The van der Waals surface area contributed by atoms with Gasteiger partial charge < -0.3 is 38.5 Å².